The largest absolute Gasteiger partial charge is 0.491 e. The summed E-state index contributed by atoms with van der Waals surface area (Å²) in [7, 11) is 0. The minimum absolute atomic E-state index is 0.125. The molecule has 2 saturated heterocycles. The first-order valence-corrected chi connectivity index (χ1v) is 18.2. The number of hydrogen-bond donors (Lipinski definition) is 2. The second-order valence-electron chi connectivity index (χ2n) is 13.0. The quantitative estimate of drug-likeness (QED) is 0.0925. The van der Waals surface area contributed by atoms with Crippen molar-refractivity contribution in [3.8, 4) is 23.0 Å². The van der Waals surface area contributed by atoms with Crippen LogP contribution in [0.4, 0.5) is 0 Å². The maximum absolute atomic E-state index is 10.2. The summed E-state index contributed by atoms with van der Waals surface area (Å²) >= 11 is 0. The van der Waals surface area contributed by atoms with Gasteiger partial charge in [0, 0.05) is 31.5 Å². The minimum Gasteiger partial charge on any atom is -0.491 e. The van der Waals surface area contributed by atoms with Crippen LogP contribution in [0.1, 0.15) is 54.4 Å². The number of aliphatic hydroxyl groups is 2. The van der Waals surface area contributed by atoms with Crippen molar-refractivity contribution in [2.75, 3.05) is 59.5 Å². The van der Waals surface area contributed by atoms with Gasteiger partial charge in [-0.3, -0.25) is 0 Å². The first-order chi connectivity index (χ1) is 25.5. The van der Waals surface area contributed by atoms with Crippen molar-refractivity contribution in [1.29, 1.82) is 0 Å². The lowest BCUT2D eigenvalue weighted by molar-refractivity contribution is -0.165. The van der Waals surface area contributed by atoms with Gasteiger partial charge in [-0.2, -0.15) is 0 Å². The molecule has 4 aromatic carbocycles. The molecule has 0 amide bonds. The van der Waals surface area contributed by atoms with E-state index in [4.69, 9.17) is 37.9 Å². The van der Waals surface area contributed by atoms with E-state index in [1.54, 1.807) is 0 Å². The summed E-state index contributed by atoms with van der Waals surface area (Å²) in [5.41, 5.74) is 4.35. The average molecular weight is 715 g/mol. The highest BCUT2D eigenvalue weighted by Crippen LogP contribution is 2.44. The van der Waals surface area contributed by atoms with Gasteiger partial charge in [-0.25, -0.2) is 0 Å². The fourth-order valence-corrected chi connectivity index (χ4v) is 6.02. The van der Waals surface area contributed by atoms with E-state index in [0.29, 0.717) is 37.9 Å². The highest BCUT2D eigenvalue weighted by Gasteiger charge is 2.30. The summed E-state index contributed by atoms with van der Waals surface area (Å²) in [6, 6.07) is 32.6. The molecule has 278 valence electrons. The summed E-state index contributed by atoms with van der Waals surface area (Å²) < 4.78 is 45.3. The third kappa shape index (κ3) is 10.9. The van der Waals surface area contributed by atoms with Crippen molar-refractivity contribution < 1.29 is 48.1 Å². The Balaban J connectivity index is 1.31. The number of rotatable bonds is 22. The normalized spacial score (nSPS) is 18.8. The van der Waals surface area contributed by atoms with E-state index in [9.17, 15) is 10.2 Å². The molecule has 0 aromatic heterocycles. The van der Waals surface area contributed by atoms with Gasteiger partial charge >= 0.3 is 0 Å². The lowest BCUT2D eigenvalue weighted by Crippen LogP contribution is -2.32. The maximum atomic E-state index is 10.2. The van der Waals surface area contributed by atoms with Crippen LogP contribution in [-0.2, 0) is 18.9 Å². The lowest BCUT2D eigenvalue weighted by Gasteiger charge is -2.30. The van der Waals surface area contributed by atoms with Gasteiger partial charge in [-0.15, -0.1) is 0 Å². The molecule has 2 heterocycles. The molecule has 2 fully saturated rings. The van der Waals surface area contributed by atoms with Gasteiger partial charge in [-0.05, 0) is 84.6 Å². The summed E-state index contributed by atoms with van der Waals surface area (Å²) in [4.78, 5) is 0. The summed E-state index contributed by atoms with van der Waals surface area (Å²) in [5, 5.41) is 20.5. The zero-order valence-electron chi connectivity index (χ0n) is 29.9. The zero-order valence-corrected chi connectivity index (χ0v) is 29.9. The molecule has 10 heteroatoms. The van der Waals surface area contributed by atoms with E-state index in [-0.39, 0.29) is 50.7 Å². The number of ether oxygens (including phenoxy) is 8. The van der Waals surface area contributed by atoms with Crippen LogP contribution in [-0.4, -0.2) is 94.3 Å². The van der Waals surface area contributed by atoms with Crippen molar-refractivity contribution in [2.45, 2.75) is 56.7 Å². The van der Waals surface area contributed by atoms with Crippen molar-refractivity contribution in [3.63, 3.8) is 0 Å². The van der Waals surface area contributed by atoms with Gasteiger partial charge < -0.3 is 48.1 Å². The lowest BCUT2D eigenvalue weighted by atomic mass is 9.73. The van der Waals surface area contributed by atoms with Gasteiger partial charge in [0.25, 0.3) is 0 Å². The fourth-order valence-electron chi connectivity index (χ4n) is 6.02. The Labute approximate surface area is 306 Å². The summed E-state index contributed by atoms with van der Waals surface area (Å²) in [6.07, 6.45) is -0.594. The van der Waals surface area contributed by atoms with E-state index in [2.05, 4.69) is 48.5 Å². The van der Waals surface area contributed by atoms with Crippen LogP contribution >= 0.6 is 0 Å². The number of aliphatic hydroxyl groups excluding tert-OH is 2. The number of benzene rings is 4. The van der Waals surface area contributed by atoms with E-state index in [1.807, 2.05) is 62.4 Å². The molecule has 6 atom stereocenters. The Hall–Kier alpha value is -4.16. The molecule has 6 unspecified atom stereocenters. The first kappa shape index (κ1) is 37.6. The minimum atomic E-state index is -0.716. The van der Waals surface area contributed by atoms with Crippen LogP contribution in [0.3, 0.4) is 0 Å². The third-order valence-corrected chi connectivity index (χ3v) is 8.97. The smallest absolute Gasteiger partial charge is 0.202 e. The Bertz CT molecular complexity index is 1600. The SMILES string of the molecule is CCOCC(O)COc1ccc(C(c2ccc(OCC3CO3)cc2)C(c2ccc(OCC(O)COCC)cc2)c2ccc(OC3CCO3)cc2)cc1. The maximum Gasteiger partial charge on any atom is 0.202 e. The van der Waals surface area contributed by atoms with Crippen LogP contribution in [0, 0.1) is 0 Å². The van der Waals surface area contributed by atoms with Crippen molar-refractivity contribution in [1.82, 2.24) is 0 Å². The number of epoxide rings is 1. The van der Waals surface area contributed by atoms with E-state index in [0.717, 1.165) is 46.8 Å². The zero-order chi connectivity index (χ0) is 36.1. The Kier molecular flexibility index (Phi) is 13.8. The first-order valence-electron chi connectivity index (χ1n) is 18.2. The Morgan fingerprint density at radius 3 is 1.29 bits per heavy atom. The molecule has 2 aliphatic rings. The standard InChI is InChI=1S/C42H50O10/c1-3-45-23-33(43)25-48-35-13-5-29(6-14-35)41(31-9-17-37(18-10-31)50-27-39-28-51-39)42(32-11-19-38(20-12-32)52-40-21-22-47-40)30-7-15-36(16-8-30)49-26-34(44)24-46-4-2/h5-20,33-34,39-44H,3-4,21-28H2,1-2H3. The molecule has 10 nitrogen and oxygen atoms in total. The number of hydrogen-bond acceptors (Lipinski definition) is 10. The molecule has 0 aliphatic carbocycles. The molecule has 6 rings (SSSR count). The second-order valence-corrected chi connectivity index (χ2v) is 13.0. The van der Waals surface area contributed by atoms with E-state index >= 15 is 0 Å². The van der Waals surface area contributed by atoms with Gasteiger partial charge in [0.2, 0.25) is 6.29 Å². The average Bonchev–Trinajstić information content (AvgIpc) is 4.00. The fraction of sp³-hybridized carbons (Fsp3) is 0.429. The monoisotopic (exact) mass is 714 g/mol. The third-order valence-electron chi connectivity index (χ3n) is 8.97. The van der Waals surface area contributed by atoms with E-state index < -0.39 is 12.2 Å². The topological polar surface area (TPSA) is 118 Å². The molecule has 0 spiro atoms. The molecule has 0 radical (unpaired) electrons. The highest BCUT2D eigenvalue weighted by molar-refractivity contribution is 5.48. The molecule has 52 heavy (non-hydrogen) atoms. The van der Waals surface area contributed by atoms with Crippen LogP contribution in [0.25, 0.3) is 0 Å². The van der Waals surface area contributed by atoms with Crippen molar-refractivity contribution in [2.24, 2.45) is 0 Å². The van der Waals surface area contributed by atoms with Gasteiger partial charge in [0.1, 0.15) is 61.1 Å². The van der Waals surface area contributed by atoms with Crippen LogP contribution < -0.4 is 18.9 Å². The predicted molar refractivity (Wildman–Crippen MR) is 196 cm³/mol. The van der Waals surface area contributed by atoms with Crippen LogP contribution in [0.2, 0.25) is 0 Å². The molecule has 2 aliphatic heterocycles. The van der Waals surface area contributed by atoms with Crippen LogP contribution in [0.5, 0.6) is 23.0 Å². The van der Waals surface area contributed by atoms with Crippen molar-refractivity contribution in [3.05, 3.63) is 119 Å². The predicted octanol–water partition coefficient (Wildman–Crippen LogP) is 6.11. The Morgan fingerprint density at radius 1 is 0.558 bits per heavy atom. The molecule has 4 aromatic rings. The Morgan fingerprint density at radius 2 is 0.942 bits per heavy atom. The van der Waals surface area contributed by atoms with E-state index in [1.165, 1.54) is 0 Å². The molecule has 2 N–H and O–H groups in total. The van der Waals surface area contributed by atoms with Gasteiger partial charge in [-0.1, -0.05) is 48.5 Å². The summed E-state index contributed by atoms with van der Waals surface area (Å²) in [5.74, 6) is 2.61. The van der Waals surface area contributed by atoms with Crippen molar-refractivity contribution >= 4 is 0 Å². The highest BCUT2D eigenvalue weighted by atomic mass is 16.7. The van der Waals surface area contributed by atoms with Gasteiger partial charge in [0.05, 0.1) is 26.4 Å². The second kappa shape index (κ2) is 19.1. The molecular weight excluding hydrogens is 664 g/mol. The van der Waals surface area contributed by atoms with Gasteiger partial charge in [0.15, 0.2) is 0 Å². The molecule has 0 bridgehead atoms. The molecular formula is C42H50O10. The summed E-state index contributed by atoms with van der Waals surface area (Å²) in [6.45, 7) is 7.56. The van der Waals surface area contributed by atoms with Crippen LogP contribution in [0.15, 0.2) is 97.1 Å². The molecule has 0 saturated carbocycles.